The summed E-state index contributed by atoms with van der Waals surface area (Å²) in [6.07, 6.45) is 5.66. The van der Waals surface area contributed by atoms with Crippen LogP contribution in [0.3, 0.4) is 0 Å². The molecule has 152 valence electrons. The van der Waals surface area contributed by atoms with Gasteiger partial charge in [-0.05, 0) is 96.1 Å². The molecule has 5 nitrogen and oxygen atoms in total. The number of nitrogens with one attached hydrogen (secondary N) is 1. The van der Waals surface area contributed by atoms with Crippen LogP contribution in [0.1, 0.15) is 68.8 Å². The quantitative estimate of drug-likeness (QED) is 0.868. The van der Waals surface area contributed by atoms with Crippen LogP contribution in [0.2, 0.25) is 0 Å². The fourth-order valence-electron chi connectivity index (χ4n) is 5.03. The molecule has 2 fully saturated rings. The Kier molecular flexibility index (Phi) is 5.46. The van der Waals surface area contributed by atoms with Gasteiger partial charge in [-0.25, -0.2) is 4.98 Å². The standard InChI is InChI=1S/C23H34N4O/c1-15-12-20-21(13-16(15)2)25-23(24-20)19-8-10-26(11-9-19)14-22(28)27-17(3)6-5-7-18(27)4/h12-13,17-19H,5-11,14H2,1-4H3,(H,24,25)/t17-,18-/m1/s1. The number of piperidine rings is 2. The number of hydrogen-bond acceptors (Lipinski definition) is 3. The molecule has 4 rings (SSSR count). The maximum absolute atomic E-state index is 12.9. The first-order chi connectivity index (χ1) is 13.4. The molecule has 1 N–H and O–H groups in total. The van der Waals surface area contributed by atoms with E-state index < -0.39 is 0 Å². The maximum atomic E-state index is 12.9. The summed E-state index contributed by atoms with van der Waals surface area (Å²) >= 11 is 0. The van der Waals surface area contributed by atoms with Crippen molar-refractivity contribution in [2.24, 2.45) is 0 Å². The highest BCUT2D eigenvalue weighted by Crippen LogP contribution is 2.29. The summed E-state index contributed by atoms with van der Waals surface area (Å²) in [5.41, 5.74) is 4.81. The fourth-order valence-corrected chi connectivity index (χ4v) is 5.03. The summed E-state index contributed by atoms with van der Waals surface area (Å²) in [7, 11) is 0. The van der Waals surface area contributed by atoms with Crippen LogP contribution in [0, 0.1) is 13.8 Å². The fraction of sp³-hybridized carbons (Fsp3) is 0.652. The molecule has 0 aliphatic carbocycles. The third-order valence-electron chi connectivity index (χ3n) is 6.93. The van der Waals surface area contributed by atoms with Gasteiger partial charge in [-0.3, -0.25) is 9.69 Å². The molecule has 0 saturated carbocycles. The van der Waals surface area contributed by atoms with Crippen LogP contribution in [0.25, 0.3) is 11.0 Å². The lowest BCUT2D eigenvalue weighted by molar-refractivity contribution is -0.138. The first-order valence-corrected chi connectivity index (χ1v) is 10.9. The number of nitrogens with zero attached hydrogens (tertiary/aromatic N) is 3. The summed E-state index contributed by atoms with van der Waals surface area (Å²) in [5.74, 6) is 1.89. The van der Waals surface area contributed by atoms with E-state index in [-0.39, 0.29) is 0 Å². The molecule has 2 aliphatic rings. The molecule has 2 saturated heterocycles. The Balaban J connectivity index is 1.36. The van der Waals surface area contributed by atoms with Gasteiger partial charge in [0.1, 0.15) is 5.82 Å². The number of rotatable bonds is 3. The molecule has 1 aromatic heterocycles. The highest BCUT2D eigenvalue weighted by atomic mass is 16.2. The molecule has 2 aromatic rings. The van der Waals surface area contributed by atoms with Gasteiger partial charge < -0.3 is 9.88 Å². The number of hydrogen-bond donors (Lipinski definition) is 1. The number of carbonyl (C=O) groups is 1. The van der Waals surface area contributed by atoms with E-state index in [4.69, 9.17) is 4.98 Å². The van der Waals surface area contributed by atoms with E-state index in [0.29, 0.717) is 30.5 Å². The van der Waals surface area contributed by atoms with E-state index in [2.05, 4.69) is 54.6 Å². The number of amides is 1. The second-order valence-corrected chi connectivity index (χ2v) is 9.06. The topological polar surface area (TPSA) is 52.2 Å². The normalized spacial score (nSPS) is 24.8. The highest BCUT2D eigenvalue weighted by molar-refractivity contribution is 5.79. The van der Waals surface area contributed by atoms with Crippen molar-refractivity contribution >= 4 is 16.9 Å². The number of likely N-dealkylation sites (tertiary alicyclic amines) is 2. The molecule has 0 bridgehead atoms. The molecule has 5 heteroatoms. The van der Waals surface area contributed by atoms with Crippen molar-refractivity contribution in [2.75, 3.05) is 19.6 Å². The number of carbonyl (C=O) groups excluding carboxylic acids is 1. The van der Waals surface area contributed by atoms with Gasteiger partial charge in [-0.2, -0.15) is 0 Å². The molecular formula is C23H34N4O. The molecule has 0 unspecified atom stereocenters. The van der Waals surface area contributed by atoms with Gasteiger partial charge in [-0.15, -0.1) is 0 Å². The van der Waals surface area contributed by atoms with Crippen molar-refractivity contribution in [3.63, 3.8) is 0 Å². The predicted molar refractivity (Wildman–Crippen MR) is 114 cm³/mol. The van der Waals surface area contributed by atoms with Gasteiger partial charge in [-0.1, -0.05) is 0 Å². The first kappa shape index (κ1) is 19.4. The van der Waals surface area contributed by atoms with Crippen LogP contribution in [-0.2, 0) is 4.79 Å². The Hall–Kier alpha value is -1.88. The minimum Gasteiger partial charge on any atom is -0.342 e. The molecule has 1 amide bonds. The molecule has 2 aliphatic heterocycles. The molecule has 28 heavy (non-hydrogen) atoms. The Morgan fingerprint density at radius 3 is 2.39 bits per heavy atom. The second kappa shape index (κ2) is 7.86. The number of imidazole rings is 1. The van der Waals surface area contributed by atoms with Crippen molar-refractivity contribution in [3.05, 3.63) is 29.1 Å². The van der Waals surface area contributed by atoms with Crippen LogP contribution in [-0.4, -0.2) is 57.4 Å². The SMILES string of the molecule is Cc1cc2nc(C3CCN(CC(=O)N4[C@H](C)CCC[C@H]4C)CC3)[nH]c2cc1C. The van der Waals surface area contributed by atoms with E-state index in [0.717, 1.165) is 55.6 Å². The van der Waals surface area contributed by atoms with Crippen LogP contribution in [0.4, 0.5) is 0 Å². The van der Waals surface area contributed by atoms with Gasteiger partial charge >= 0.3 is 0 Å². The smallest absolute Gasteiger partial charge is 0.237 e. The summed E-state index contributed by atoms with van der Waals surface area (Å²) in [6.45, 7) is 11.2. The molecule has 1 aromatic carbocycles. The van der Waals surface area contributed by atoms with E-state index in [9.17, 15) is 4.79 Å². The third-order valence-corrected chi connectivity index (χ3v) is 6.93. The number of aromatic nitrogens is 2. The largest absolute Gasteiger partial charge is 0.342 e. The van der Waals surface area contributed by atoms with Gasteiger partial charge in [0.25, 0.3) is 0 Å². The van der Waals surface area contributed by atoms with E-state index in [1.807, 2.05) is 0 Å². The second-order valence-electron chi connectivity index (χ2n) is 9.06. The van der Waals surface area contributed by atoms with E-state index >= 15 is 0 Å². The predicted octanol–water partition coefficient (Wildman–Crippen LogP) is 4.15. The van der Waals surface area contributed by atoms with Gasteiger partial charge in [0.15, 0.2) is 0 Å². The van der Waals surface area contributed by atoms with Gasteiger partial charge in [0.05, 0.1) is 17.6 Å². The van der Waals surface area contributed by atoms with Crippen molar-refractivity contribution in [3.8, 4) is 0 Å². The van der Waals surface area contributed by atoms with E-state index in [1.165, 1.54) is 17.5 Å². The van der Waals surface area contributed by atoms with Crippen LogP contribution in [0.15, 0.2) is 12.1 Å². The Morgan fingerprint density at radius 2 is 1.71 bits per heavy atom. The van der Waals surface area contributed by atoms with Crippen molar-refractivity contribution < 1.29 is 4.79 Å². The molecular weight excluding hydrogens is 348 g/mol. The summed E-state index contributed by atoms with van der Waals surface area (Å²) < 4.78 is 0. The number of aryl methyl sites for hydroxylation is 2. The van der Waals surface area contributed by atoms with E-state index in [1.54, 1.807) is 0 Å². The van der Waals surface area contributed by atoms with Gasteiger partial charge in [0, 0.05) is 18.0 Å². The van der Waals surface area contributed by atoms with Crippen molar-refractivity contribution in [1.29, 1.82) is 0 Å². The van der Waals surface area contributed by atoms with Crippen LogP contribution >= 0.6 is 0 Å². The zero-order valence-electron chi connectivity index (χ0n) is 17.8. The summed E-state index contributed by atoms with van der Waals surface area (Å²) in [4.78, 5) is 25.8. The lowest BCUT2D eigenvalue weighted by atomic mass is 9.95. The number of fused-ring (bicyclic) bond motifs is 1. The lowest BCUT2D eigenvalue weighted by Crippen LogP contribution is -2.51. The highest BCUT2D eigenvalue weighted by Gasteiger charge is 2.31. The molecule has 0 radical (unpaired) electrons. The molecule has 2 atom stereocenters. The average molecular weight is 383 g/mol. The monoisotopic (exact) mass is 382 g/mol. The summed E-state index contributed by atoms with van der Waals surface area (Å²) in [6, 6.07) is 5.16. The zero-order valence-corrected chi connectivity index (χ0v) is 17.8. The van der Waals surface area contributed by atoms with Crippen molar-refractivity contribution in [2.45, 2.75) is 77.8 Å². The third kappa shape index (κ3) is 3.82. The maximum Gasteiger partial charge on any atom is 0.237 e. The first-order valence-electron chi connectivity index (χ1n) is 10.9. The van der Waals surface area contributed by atoms with Gasteiger partial charge in [0.2, 0.25) is 5.91 Å². The Morgan fingerprint density at radius 1 is 1.07 bits per heavy atom. The van der Waals surface area contributed by atoms with Crippen molar-refractivity contribution in [1.82, 2.24) is 19.8 Å². The minimum atomic E-state index is 0.313. The zero-order chi connectivity index (χ0) is 19.8. The number of H-pyrrole nitrogens is 1. The molecule has 3 heterocycles. The number of benzene rings is 1. The minimum absolute atomic E-state index is 0.313. The van der Waals surface area contributed by atoms with Crippen LogP contribution in [0.5, 0.6) is 0 Å². The average Bonchev–Trinajstić information content (AvgIpc) is 3.05. The lowest BCUT2D eigenvalue weighted by Gasteiger charge is -2.41. The number of aromatic amines is 1. The Bertz CT molecular complexity index is 801. The molecule has 0 spiro atoms. The summed E-state index contributed by atoms with van der Waals surface area (Å²) in [5, 5.41) is 0. The van der Waals surface area contributed by atoms with Crippen LogP contribution < -0.4 is 0 Å². The Labute approximate surface area is 168 Å².